The predicted molar refractivity (Wildman–Crippen MR) is 107 cm³/mol. The average molecular weight is 502 g/mol. The van der Waals surface area contributed by atoms with Crippen LogP contribution in [-0.2, 0) is 27.3 Å². The summed E-state index contributed by atoms with van der Waals surface area (Å²) < 4.78 is 1.86. The number of pyridine rings is 1. The van der Waals surface area contributed by atoms with E-state index < -0.39 is 23.8 Å². The van der Waals surface area contributed by atoms with Gasteiger partial charge in [-0.25, -0.2) is 4.57 Å². The summed E-state index contributed by atoms with van der Waals surface area (Å²) in [7, 11) is 0. The minimum absolute atomic E-state index is 0. The van der Waals surface area contributed by atoms with Gasteiger partial charge in [0.15, 0.2) is 18.9 Å². The van der Waals surface area contributed by atoms with E-state index in [1.807, 2.05) is 4.57 Å². The largest absolute Gasteiger partial charge is 0.543 e. The van der Waals surface area contributed by atoms with Crippen molar-refractivity contribution in [3.63, 3.8) is 0 Å². The number of allylic oxidation sites excluding steroid dienone is 2. The number of hydrogen-bond donors (Lipinski definition) is 2. The molecule has 4 N–H and O–H groups in total. The van der Waals surface area contributed by atoms with E-state index in [9.17, 15) is 19.5 Å². The van der Waals surface area contributed by atoms with Crippen LogP contribution in [0, 0.1) is 0 Å². The summed E-state index contributed by atoms with van der Waals surface area (Å²) in [6.45, 7) is 0.502. The van der Waals surface area contributed by atoms with Crippen LogP contribution in [0.25, 0.3) is 0 Å². The molecule has 3 rings (SSSR count). The van der Waals surface area contributed by atoms with E-state index in [-0.39, 0.29) is 41.5 Å². The molecule has 0 unspecified atom stereocenters. The second-order valence-electron chi connectivity index (χ2n) is 6.05. The van der Waals surface area contributed by atoms with Crippen molar-refractivity contribution in [3.8, 4) is 0 Å². The molecule has 2 amide bonds. The molecule has 2 aliphatic rings. The number of amides is 2. The van der Waals surface area contributed by atoms with Crippen LogP contribution in [0.2, 0.25) is 0 Å². The number of aliphatic carboxylic acids is 1. The molecule has 0 aromatic carbocycles. The highest BCUT2D eigenvalue weighted by atomic mass is 127. The number of hydrogen-bond acceptors (Lipinski definition) is 6. The van der Waals surface area contributed by atoms with Crippen LogP contribution < -0.4 is 21.1 Å². The minimum Gasteiger partial charge on any atom is -0.543 e. The first-order valence-electron chi connectivity index (χ1n) is 7.96. The fourth-order valence-electron chi connectivity index (χ4n) is 2.90. The average Bonchev–Trinajstić information content (AvgIpc) is 2.61. The number of rotatable bonds is 6. The van der Waals surface area contributed by atoms with Crippen molar-refractivity contribution in [2.45, 2.75) is 24.4 Å². The summed E-state index contributed by atoms with van der Waals surface area (Å²) in [5.74, 6) is -1.72. The number of fused-ring (bicyclic) bond motifs is 1. The van der Waals surface area contributed by atoms with Crippen molar-refractivity contribution in [2.24, 2.45) is 11.5 Å². The molecule has 2 atom stereocenters. The third kappa shape index (κ3) is 4.50. The third-order valence-electron chi connectivity index (χ3n) is 4.21. The second kappa shape index (κ2) is 8.85. The zero-order valence-electron chi connectivity index (χ0n) is 14.2. The summed E-state index contributed by atoms with van der Waals surface area (Å²) in [5, 5.41) is 11.1. The number of primary amides is 1. The van der Waals surface area contributed by atoms with Gasteiger partial charge in [0.05, 0.1) is 18.1 Å². The molecule has 0 aliphatic carbocycles. The van der Waals surface area contributed by atoms with Crippen molar-refractivity contribution in [3.05, 3.63) is 53.5 Å². The van der Waals surface area contributed by atoms with Gasteiger partial charge in [-0.05, 0) is 17.2 Å². The normalized spacial score (nSPS) is 21.5. The van der Waals surface area contributed by atoms with E-state index in [1.165, 1.54) is 16.7 Å². The molecular weight excluding hydrogens is 483 g/mol. The van der Waals surface area contributed by atoms with E-state index in [0.717, 1.165) is 5.56 Å². The molecule has 0 saturated carbocycles. The van der Waals surface area contributed by atoms with Gasteiger partial charge < -0.3 is 21.4 Å². The SMILES string of the molecule is I.NC(=O)Cc1cc[n+](CC=CC2=C(C(=O)[O-])N3C(=O)[C@@H](N)[C@H]3SC2)cc1. The zero-order valence-corrected chi connectivity index (χ0v) is 17.4. The van der Waals surface area contributed by atoms with Gasteiger partial charge in [-0.1, -0.05) is 6.08 Å². The van der Waals surface area contributed by atoms with Gasteiger partial charge in [0.25, 0.3) is 0 Å². The Bertz CT molecular complexity index is 825. The second-order valence-corrected chi connectivity index (χ2v) is 7.15. The van der Waals surface area contributed by atoms with Crippen LogP contribution in [-0.4, -0.2) is 39.9 Å². The minimum atomic E-state index is -1.38. The van der Waals surface area contributed by atoms with Crippen molar-refractivity contribution >= 4 is 53.5 Å². The molecule has 27 heavy (non-hydrogen) atoms. The highest BCUT2D eigenvalue weighted by Crippen LogP contribution is 2.39. The Labute approximate surface area is 177 Å². The number of carboxylic acid groups (broad SMARTS) is 1. The van der Waals surface area contributed by atoms with E-state index in [2.05, 4.69) is 0 Å². The first-order chi connectivity index (χ1) is 12.4. The lowest BCUT2D eigenvalue weighted by Crippen LogP contribution is -2.69. The van der Waals surface area contributed by atoms with Gasteiger partial charge in [-0.2, -0.15) is 0 Å². The number of nitrogens with two attached hydrogens (primary N) is 2. The summed E-state index contributed by atoms with van der Waals surface area (Å²) in [4.78, 5) is 35.4. The van der Waals surface area contributed by atoms with Gasteiger partial charge in [-0.15, -0.1) is 35.7 Å². The Morgan fingerprint density at radius 1 is 1.37 bits per heavy atom. The number of carbonyl (C=O) groups is 3. The Morgan fingerprint density at radius 3 is 2.63 bits per heavy atom. The number of thioether (sulfide) groups is 1. The molecule has 8 nitrogen and oxygen atoms in total. The molecule has 1 aromatic heterocycles. The number of carboxylic acids is 1. The van der Waals surface area contributed by atoms with Crippen molar-refractivity contribution < 1.29 is 24.1 Å². The Hall–Kier alpha value is -1.92. The van der Waals surface area contributed by atoms with Gasteiger partial charge >= 0.3 is 0 Å². The topological polar surface area (TPSA) is 133 Å². The number of nitrogens with zero attached hydrogens (tertiary/aromatic N) is 2. The van der Waals surface area contributed by atoms with E-state index in [4.69, 9.17) is 11.5 Å². The van der Waals surface area contributed by atoms with Crippen LogP contribution in [0.5, 0.6) is 0 Å². The first-order valence-corrected chi connectivity index (χ1v) is 9.01. The molecule has 2 aliphatic heterocycles. The summed E-state index contributed by atoms with van der Waals surface area (Å²) in [6, 6.07) is 2.94. The monoisotopic (exact) mass is 502 g/mol. The third-order valence-corrected chi connectivity index (χ3v) is 5.53. The molecule has 1 saturated heterocycles. The molecule has 1 aromatic rings. The molecule has 144 valence electrons. The van der Waals surface area contributed by atoms with Gasteiger partial charge in [0.2, 0.25) is 11.8 Å². The van der Waals surface area contributed by atoms with Crippen molar-refractivity contribution in [1.82, 2.24) is 4.90 Å². The number of halogens is 1. The molecule has 0 radical (unpaired) electrons. The van der Waals surface area contributed by atoms with Gasteiger partial charge in [-0.3, -0.25) is 14.5 Å². The van der Waals surface area contributed by atoms with Crippen molar-refractivity contribution in [1.29, 1.82) is 0 Å². The number of carbonyl (C=O) groups excluding carboxylic acids is 3. The lowest BCUT2D eigenvalue weighted by Gasteiger charge is -2.49. The highest BCUT2D eigenvalue weighted by Gasteiger charge is 2.49. The van der Waals surface area contributed by atoms with Gasteiger partial charge in [0, 0.05) is 17.9 Å². The first kappa shape index (κ1) is 21.4. The van der Waals surface area contributed by atoms with E-state index >= 15 is 0 Å². The van der Waals surface area contributed by atoms with E-state index in [0.29, 0.717) is 17.9 Å². The lowest BCUT2D eigenvalue weighted by atomic mass is 10.0. The van der Waals surface area contributed by atoms with Crippen LogP contribution in [0.4, 0.5) is 0 Å². The Morgan fingerprint density at radius 2 is 2.04 bits per heavy atom. The maximum Gasteiger partial charge on any atom is 0.248 e. The Kier molecular flexibility index (Phi) is 7.00. The molecule has 0 spiro atoms. The maximum absolute atomic E-state index is 11.9. The highest BCUT2D eigenvalue weighted by molar-refractivity contribution is 14.0. The Balaban J connectivity index is 0.00000261. The van der Waals surface area contributed by atoms with Crippen LogP contribution in [0.1, 0.15) is 5.56 Å². The number of aromatic nitrogens is 1. The van der Waals surface area contributed by atoms with E-state index in [1.54, 1.807) is 36.7 Å². The summed E-state index contributed by atoms with van der Waals surface area (Å²) in [6.07, 6.45) is 7.29. The predicted octanol–water partition coefficient (Wildman–Crippen LogP) is -1.58. The molecule has 0 bridgehead atoms. The molecule has 10 heteroatoms. The molecule has 1 fully saturated rings. The molecule has 3 heterocycles. The lowest BCUT2D eigenvalue weighted by molar-refractivity contribution is -0.687. The smallest absolute Gasteiger partial charge is 0.248 e. The number of β-lactam (4-membered cyclic amide) rings is 1. The van der Waals surface area contributed by atoms with Crippen LogP contribution >= 0.6 is 35.7 Å². The van der Waals surface area contributed by atoms with Crippen LogP contribution in [0.3, 0.4) is 0 Å². The standard InChI is InChI=1S/C17H18N4O4S.HI/c18-12(22)8-10-3-6-20(7-4-10)5-1-2-11-9-26-16-13(19)15(23)21(16)14(11)17(24)25;/h1-4,6-7,13,16H,5,8-9,19H2,(H2-,18,22,24,25);1H/t13-,16-;/m1./s1. The van der Waals surface area contributed by atoms with Crippen LogP contribution in [0.15, 0.2) is 47.9 Å². The maximum atomic E-state index is 11.9. The van der Waals surface area contributed by atoms with Crippen molar-refractivity contribution in [2.75, 3.05) is 5.75 Å². The summed E-state index contributed by atoms with van der Waals surface area (Å²) >= 11 is 1.44. The quantitative estimate of drug-likeness (QED) is 0.274. The van der Waals surface area contributed by atoms with Gasteiger partial charge in [0.1, 0.15) is 11.4 Å². The summed E-state index contributed by atoms with van der Waals surface area (Å²) in [5.41, 5.74) is 12.1. The zero-order chi connectivity index (χ0) is 18.8. The fourth-order valence-corrected chi connectivity index (χ4v) is 4.17. The molecular formula is C17H19IN4O4S. The fraction of sp³-hybridized carbons (Fsp3) is 0.294.